The molecule has 0 aliphatic heterocycles. The highest BCUT2D eigenvalue weighted by Crippen LogP contribution is 2.25. The first-order valence-corrected chi connectivity index (χ1v) is 7.37. The lowest BCUT2D eigenvalue weighted by Gasteiger charge is -2.15. The zero-order valence-corrected chi connectivity index (χ0v) is 14.1. The third-order valence-corrected chi connectivity index (χ3v) is 3.55. The quantitative estimate of drug-likeness (QED) is 0.873. The van der Waals surface area contributed by atoms with Crippen LogP contribution < -0.4 is 10.2 Å². The van der Waals surface area contributed by atoms with Crippen LogP contribution in [0.1, 0.15) is 19.4 Å². The van der Waals surface area contributed by atoms with Crippen LogP contribution in [0.2, 0.25) is 0 Å². The molecule has 5 heteroatoms. The van der Waals surface area contributed by atoms with Crippen LogP contribution in [0.5, 0.6) is 0 Å². The fourth-order valence-electron chi connectivity index (χ4n) is 2.25. The number of nitrogens with one attached hydrogen (secondary N) is 1. The first-order valence-electron chi connectivity index (χ1n) is 7.37. The van der Waals surface area contributed by atoms with E-state index in [0.29, 0.717) is 5.71 Å². The highest BCUT2D eigenvalue weighted by molar-refractivity contribution is 6.22. The Hall–Kier alpha value is -2.69. The summed E-state index contributed by atoms with van der Waals surface area (Å²) in [6.45, 7) is 5.21. The van der Waals surface area contributed by atoms with Crippen molar-refractivity contribution in [3.05, 3.63) is 47.2 Å². The highest BCUT2D eigenvalue weighted by atomic mass is 16.2. The van der Waals surface area contributed by atoms with Gasteiger partial charge in [0, 0.05) is 26.7 Å². The summed E-state index contributed by atoms with van der Waals surface area (Å²) in [5.74, 6) is -0.486. The minimum absolute atomic E-state index is 0.212. The third-order valence-electron chi connectivity index (χ3n) is 3.55. The molecule has 1 aromatic carbocycles. The van der Waals surface area contributed by atoms with Gasteiger partial charge in [-0.05, 0) is 55.3 Å². The van der Waals surface area contributed by atoms with Gasteiger partial charge in [0.1, 0.15) is 0 Å². The third kappa shape index (κ3) is 3.94. The predicted molar refractivity (Wildman–Crippen MR) is 93.3 cm³/mol. The molecule has 1 N–H and O–H groups in total. The fourth-order valence-corrected chi connectivity index (χ4v) is 2.25. The summed E-state index contributed by atoms with van der Waals surface area (Å²) in [6.07, 6.45) is 3.12. The molecule has 0 aromatic heterocycles. The van der Waals surface area contributed by atoms with E-state index in [4.69, 9.17) is 0 Å². The molecule has 1 aromatic rings. The predicted octanol–water partition coefficient (Wildman–Crippen LogP) is 2.68. The molecule has 5 nitrogen and oxygen atoms in total. The lowest BCUT2D eigenvalue weighted by atomic mass is 10.0. The number of nitrogens with zero attached hydrogens (tertiary/aromatic N) is 2. The van der Waals surface area contributed by atoms with E-state index in [1.54, 1.807) is 6.08 Å². The first kappa shape index (κ1) is 16.7. The van der Waals surface area contributed by atoms with Crippen LogP contribution in [0.25, 0.3) is 0 Å². The Bertz CT molecular complexity index is 756. The number of anilines is 1. The molecule has 1 aliphatic carbocycles. The molecule has 0 saturated heterocycles. The number of allylic oxidation sites excluding steroid dienone is 3. The molecule has 1 amide bonds. The molecule has 23 heavy (non-hydrogen) atoms. The summed E-state index contributed by atoms with van der Waals surface area (Å²) in [6, 6.07) is 6.01. The van der Waals surface area contributed by atoms with E-state index in [0.717, 1.165) is 22.5 Å². The largest absolute Gasteiger partial charge is 0.378 e. The van der Waals surface area contributed by atoms with E-state index in [2.05, 4.69) is 16.4 Å². The molecule has 2 rings (SSSR count). The Labute approximate surface area is 136 Å². The molecule has 0 fully saturated rings. The van der Waals surface area contributed by atoms with Crippen LogP contribution in [0.3, 0.4) is 0 Å². The molecule has 0 saturated carbocycles. The summed E-state index contributed by atoms with van der Waals surface area (Å²) in [7, 11) is 3.98. The molecular weight excluding hydrogens is 290 g/mol. The second kappa shape index (κ2) is 6.60. The van der Waals surface area contributed by atoms with Crippen LogP contribution in [0, 0.1) is 6.92 Å². The normalized spacial score (nSPS) is 16.0. The number of aliphatic imine (C=N–C) groups is 1. The Balaban J connectivity index is 2.41. The Kier molecular flexibility index (Phi) is 4.79. The fraction of sp³-hybridized carbons (Fsp3) is 0.278. The van der Waals surface area contributed by atoms with Crippen LogP contribution in [-0.2, 0) is 9.59 Å². The van der Waals surface area contributed by atoms with Crippen molar-refractivity contribution in [2.75, 3.05) is 19.0 Å². The first-order chi connectivity index (χ1) is 10.8. The van der Waals surface area contributed by atoms with E-state index < -0.39 is 0 Å². The number of benzene rings is 1. The smallest absolute Gasteiger partial charge is 0.221 e. The van der Waals surface area contributed by atoms with Gasteiger partial charge in [0.05, 0.1) is 17.1 Å². The highest BCUT2D eigenvalue weighted by Gasteiger charge is 2.17. The number of ketones is 1. The van der Waals surface area contributed by atoms with Crippen molar-refractivity contribution in [2.24, 2.45) is 4.99 Å². The molecule has 0 bridgehead atoms. The van der Waals surface area contributed by atoms with Gasteiger partial charge in [0.25, 0.3) is 0 Å². The van der Waals surface area contributed by atoms with Crippen molar-refractivity contribution in [2.45, 2.75) is 20.8 Å². The van der Waals surface area contributed by atoms with Gasteiger partial charge in [0.2, 0.25) is 11.7 Å². The van der Waals surface area contributed by atoms with Crippen LogP contribution >= 0.6 is 0 Å². The molecular formula is C18H21N3O2. The number of hydrogen-bond donors (Lipinski definition) is 1. The maximum atomic E-state index is 11.9. The second-order valence-corrected chi connectivity index (χ2v) is 5.79. The minimum atomic E-state index is -0.275. The van der Waals surface area contributed by atoms with Gasteiger partial charge >= 0.3 is 0 Å². The summed E-state index contributed by atoms with van der Waals surface area (Å²) < 4.78 is 0. The number of hydrogen-bond acceptors (Lipinski definition) is 4. The molecule has 0 heterocycles. The van der Waals surface area contributed by atoms with Crippen molar-refractivity contribution in [1.82, 2.24) is 5.32 Å². The second-order valence-electron chi connectivity index (χ2n) is 5.79. The van der Waals surface area contributed by atoms with Crippen molar-refractivity contribution >= 4 is 28.8 Å². The minimum Gasteiger partial charge on any atom is -0.378 e. The molecule has 120 valence electrons. The Morgan fingerprint density at radius 3 is 2.43 bits per heavy atom. The summed E-state index contributed by atoms with van der Waals surface area (Å²) in [5.41, 5.74) is 4.69. The SMILES string of the molecule is CC(=O)NC1=CC(=Nc2ccc(N(C)C)cc2C)C(C)=CC1=O. The molecule has 1 aliphatic rings. The zero-order chi connectivity index (χ0) is 17.1. The Morgan fingerprint density at radius 2 is 1.87 bits per heavy atom. The van der Waals surface area contributed by atoms with Crippen molar-refractivity contribution in [3.8, 4) is 0 Å². The standard InChI is InChI=1S/C18H21N3O2/c1-11-8-14(21(4)5)6-7-15(11)20-16-10-17(19-13(3)22)18(23)9-12(16)2/h6-10H,1-5H3,(H,19,22). The van der Waals surface area contributed by atoms with Crippen LogP contribution in [-0.4, -0.2) is 31.5 Å². The Morgan fingerprint density at radius 1 is 1.17 bits per heavy atom. The van der Waals surface area contributed by atoms with Gasteiger partial charge in [-0.2, -0.15) is 0 Å². The van der Waals surface area contributed by atoms with Gasteiger partial charge in [-0.3, -0.25) is 9.59 Å². The van der Waals surface area contributed by atoms with Crippen molar-refractivity contribution in [3.63, 3.8) is 0 Å². The van der Waals surface area contributed by atoms with Crippen molar-refractivity contribution in [1.29, 1.82) is 0 Å². The van der Waals surface area contributed by atoms with E-state index in [9.17, 15) is 9.59 Å². The molecule has 0 spiro atoms. The van der Waals surface area contributed by atoms with Gasteiger partial charge < -0.3 is 10.2 Å². The zero-order valence-electron chi connectivity index (χ0n) is 14.1. The maximum absolute atomic E-state index is 11.9. The van der Waals surface area contributed by atoms with Gasteiger partial charge in [-0.15, -0.1) is 0 Å². The van der Waals surface area contributed by atoms with Gasteiger partial charge in [-0.1, -0.05) is 0 Å². The summed E-state index contributed by atoms with van der Waals surface area (Å²) in [5, 5.41) is 2.55. The number of aryl methyl sites for hydroxylation is 1. The topological polar surface area (TPSA) is 61.8 Å². The monoisotopic (exact) mass is 311 g/mol. The molecule has 0 radical (unpaired) electrons. The van der Waals surface area contributed by atoms with Crippen LogP contribution in [0.15, 0.2) is 46.6 Å². The molecule has 0 unspecified atom stereocenters. The van der Waals surface area contributed by atoms with Gasteiger partial charge in [0.15, 0.2) is 0 Å². The van der Waals surface area contributed by atoms with E-state index in [1.165, 1.54) is 13.0 Å². The van der Waals surface area contributed by atoms with Gasteiger partial charge in [-0.25, -0.2) is 4.99 Å². The number of carbonyl (C=O) groups is 2. The average Bonchev–Trinajstić information content (AvgIpc) is 2.45. The van der Waals surface area contributed by atoms with E-state index in [-0.39, 0.29) is 17.4 Å². The van der Waals surface area contributed by atoms with Crippen LogP contribution in [0.4, 0.5) is 11.4 Å². The van der Waals surface area contributed by atoms with Crippen molar-refractivity contribution < 1.29 is 9.59 Å². The molecule has 0 atom stereocenters. The average molecular weight is 311 g/mol. The summed E-state index contributed by atoms with van der Waals surface area (Å²) in [4.78, 5) is 29.8. The summed E-state index contributed by atoms with van der Waals surface area (Å²) >= 11 is 0. The van der Waals surface area contributed by atoms with E-state index >= 15 is 0 Å². The number of rotatable bonds is 3. The lowest BCUT2D eigenvalue weighted by Crippen LogP contribution is -2.27. The lowest BCUT2D eigenvalue weighted by molar-refractivity contribution is -0.120. The number of amides is 1. The maximum Gasteiger partial charge on any atom is 0.221 e. The number of carbonyl (C=O) groups excluding carboxylic acids is 2. The van der Waals surface area contributed by atoms with E-state index in [1.807, 2.05) is 45.0 Å².